The summed E-state index contributed by atoms with van der Waals surface area (Å²) in [6.07, 6.45) is 1.77. The van der Waals surface area contributed by atoms with Crippen LogP contribution < -0.4 is 5.32 Å². The molecule has 2 N–H and O–H groups in total. The molecule has 2 heterocycles. The Labute approximate surface area is 114 Å². The highest BCUT2D eigenvalue weighted by molar-refractivity contribution is 5.96. The molecular formula is C11H15N5O4. The van der Waals surface area contributed by atoms with E-state index in [4.69, 9.17) is 5.11 Å². The summed E-state index contributed by atoms with van der Waals surface area (Å²) in [7, 11) is 0. The van der Waals surface area contributed by atoms with E-state index in [1.54, 1.807) is 0 Å². The molecule has 1 aromatic heterocycles. The molecule has 1 unspecified atom stereocenters. The highest BCUT2D eigenvalue weighted by Crippen LogP contribution is 2.12. The molecular weight excluding hydrogens is 266 g/mol. The average molecular weight is 281 g/mol. The molecule has 1 aliphatic rings. The van der Waals surface area contributed by atoms with Gasteiger partial charge in [0, 0.05) is 13.1 Å². The molecule has 0 aromatic carbocycles. The molecule has 1 saturated heterocycles. The van der Waals surface area contributed by atoms with Crippen LogP contribution in [0.15, 0.2) is 6.20 Å². The van der Waals surface area contributed by atoms with Crippen molar-refractivity contribution < 1.29 is 19.5 Å². The van der Waals surface area contributed by atoms with E-state index in [9.17, 15) is 14.4 Å². The molecule has 9 heteroatoms. The van der Waals surface area contributed by atoms with Crippen LogP contribution in [0.5, 0.6) is 0 Å². The number of rotatable bonds is 4. The first-order valence-corrected chi connectivity index (χ1v) is 6.23. The number of carboxylic acid groups (broad SMARTS) is 1. The standard InChI is InChI=1S/C11H15N5O4/c1-2-8-10(19)12-3-4-16(8)11(20)7-5-15(14-13-7)6-9(17)18/h5,8H,2-4,6H2,1H3,(H,12,19)(H,17,18). The smallest absolute Gasteiger partial charge is 0.325 e. The summed E-state index contributed by atoms with van der Waals surface area (Å²) < 4.78 is 1.07. The van der Waals surface area contributed by atoms with E-state index in [0.29, 0.717) is 19.5 Å². The maximum Gasteiger partial charge on any atom is 0.325 e. The van der Waals surface area contributed by atoms with Crippen molar-refractivity contribution in [1.82, 2.24) is 25.2 Å². The van der Waals surface area contributed by atoms with Gasteiger partial charge in [0.1, 0.15) is 12.6 Å². The molecule has 2 rings (SSSR count). The largest absolute Gasteiger partial charge is 0.480 e. The zero-order chi connectivity index (χ0) is 14.7. The van der Waals surface area contributed by atoms with Crippen molar-refractivity contribution in [2.75, 3.05) is 13.1 Å². The molecule has 0 spiro atoms. The van der Waals surface area contributed by atoms with Gasteiger partial charge in [-0.25, -0.2) is 4.68 Å². The Morgan fingerprint density at radius 3 is 2.95 bits per heavy atom. The maximum absolute atomic E-state index is 12.3. The van der Waals surface area contributed by atoms with Gasteiger partial charge in [-0.2, -0.15) is 0 Å². The highest BCUT2D eigenvalue weighted by Gasteiger charge is 2.33. The fraction of sp³-hybridized carbons (Fsp3) is 0.545. The van der Waals surface area contributed by atoms with Crippen LogP contribution in [-0.4, -0.2) is 61.9 Å². The van der Waals surface area contributed by atoms with Crippen molar-refractivity contribution in [2.24, 2.45) is 0 Å². The summed E-state index contributed by atoms with van der Waals surface area (Å²) in [5, 5.41) is 18.6. The summed E-state index contributed by atoms with van der Waals surface area (Å²) in [6.45, 7) is 2.24. The van der Waals surface area contributed by atoms with Gasteiger partial charge < -0.3 is 15.3 Å². The Balaban J connectivity index is 2.15. The molecule has 0 bridgehead atoms. The lowest BCUT2D eigenvalue weighted by Crippen LogP contribution is -2.57. The molecule has 1 aliphatic heterocycles. The first-order valence-electron chi connectivity index (χ1n) is 6.23. The number of piperazine rings is 1. The number of aromatic nitrogens is 3. The number of hydrogen-bond donors (Lipinski definition) is 2. The van der Waals surface area contributed by atoms with Gasteiger partial charge in [0.25, 0.3) is 5.91 Å². The minimum Gasteiger partial charge on any atom is -0.480 e. The predicted octanol–water partition coefficient (Wildman–Crippen LogP) is -1.29. The minimum absolute atomic E-state index is 0.0411. The second kappa shape index (κ2) is 5.68. The summed E-state index contributed by atoms with van der Waals surface area (Å²) in [5.74, 6) is -1.67. The number of aliphatic carboxylic acids is 1. The van der Waals surface area contributed by atoms with Gasteiger partial charge in [0.05, 0.1) is 6.20 Å². The second-order valence-corrected chi connectivity index (χ2v) is 4.41. The molecule has 0 saturated carbocycles. The van der Waals surface area contributed by atoms with Gasteiger partial charge in [-0.15, -0.1) is 5.10 Å². The van der Waals surface area contributed by atoms with Crippen molar-refractivity contribution in [1.29, 1.82) is 0 Å². The van der Waals surface area contributed by atoms with Crippen LogP contribution in [0.25, 0.3) is 0 Å². The number of nitrogens with one attached hydrogen (secondary N) is 1. The minimum atomic E-state index is -1.07. The van der Waals surface area contributed by atoms with Gasteiger partial charge in [-0.05, 0) is 6.42 Å². The first kappa shape index (κ1) is 14.0. The molecule has 1 aromatic rings. The molecule has 0 aliphatic carbocycles. The van der Waals surface area contributed by atoms with Crippen molar-refractivity contribution in [3.8, 4) is 0 Å². The number of carbonyl (C=O) groups excluding carboxylic acids is 2. The van der Waals surface area contributed by atoms with Gasteiger partial charge in [-0.3, -0.25) is 14.4 Å². The lowest BCUT2D eigenvalue weighted by molar-refractivity contribution is -0.138. The Kier molecular flexibility index (Phi) is 3.97. The van der Waals surface area contributed by atoms with E-state index in [-0.39, 0.29) is 18.1 Å². The third-order valence-corrected chi connectivity index (χ3v) is 3.03. The van der Waals surface area contributed by atoms with E-state index >= 15 is 0 Å². The molecule has 108 valence electrons. The van der Waals surface area contributed by atoms with E-state index in [1.807, 2.05) is 6.92 Å². The summed E-state index contributed by atoms with van der Waals surface area (Å²) in [6, 6.07) is -0.527. The second-order valence-electron chi connectivity index (χ2n) is 4.41. The van der Waals surface area contributed by atoms with Crippen LogP contribution in [0.1, 0.15) is 23.8 Å². The Morgan fingerprint density at radius 2 is 2.30 bits per heavy atom. The van der Waals surface area contributed by atoms with E-state index < -0.39 is 17.9 Å². The van der Waals surface area contributed by atoms with Crippen molar-refractivity contribution in [2.45, 2.75) is 25.9 Å². The fourth-order valence-electron chi connectivity index (χ4n) is 2.12. The van der Waals surface area contributed by atoms with E-state index in [1.165, 1.54) is 11.1 Å². The van der Waals surface area contributed by atoms with Crippen LogP contribution in [-0.2, 0) is 16.1 Å². The van der Waals surface area contributed by atoms with Gasteiger partial charge in [0.15, 0.2) is 5.69 Å². The monoisotopic (exact) mass is 281 g/mol. The maximum atomic E-state index is 12.3. The van der Waals surface area contributed by atoms with Gasteiger partial charge in [-0.1, -0.05) is 12.1 Å². The summed E-state index contributed by atoms with van der Waals surface area (Å²) in [4.78, 5) is 36.0. The highest BCUT2D eigenvalue weighted by atomic mass is 16.4. The third-order valence-electron chi connectivity index (χ3n) is 3.03. The third kappa shape index (κ3) is 2.76. The number of carboxylic acids is 1. The lowest BCUT2D eigenvalue weighted by Gasteiger charge is -2.33. The Hall–Kier alpha value is -2.45. The van der Waals surface area contributed by atoms with Crippen molar-refractivity contribution in [3.05, 3.63) is 11.9 Å². The predicted molar refractivity (Wildman–Crippen MR) is 65.8 cm³/mol. The van der Waals surface area contributed by atoms with Crippen LogP contribution >= 0.6 is 0 Å². The molecule has 2 amide bonds. The Morgan fingerprint density at radius 1 is 1.55 bits per heavy atom. The normalized spacial score (nSPS) is 18.8. The summed E-state index contributed by atoms with van der Waals surface area (Å²) in [5.41, 5.74) is 0.0411. The van der Waals surface area contributed by atoms with Crippen molar-refractivity contribution >= 4 is 17.8 Å². The first-order chi connectivity index (χ1) is 9.52. The summed E-state index contributed by atoms with van der Waals surface area (Å²) >= 11 is 0. The SMILES string of the molecule is CCC1C(=O)NCCN1C(=O)c1cn(CC(=O)O)nn1. The number of carbonyl (C=O) groups is 3. The van der Waals surface area contributed by atoms with Crippen LogP contribution in [0.3, 0.4) is 0 Å². The van der Waals surface area contributed by atoms with Gasteiger partial charge in [0.2, 0.25) is 5.91 Å². The van der Waals surface area contributed by atoms with Crippen LogP contribution in [0.4, 0.5) is 0 Å². The Bertz CT molecular complexity index is 541. The molecule has 1 atom stereocenters. The lowest BCUT2D eigenvalue weighted by atomic mass is 10.1. The van der Waals surface area contributed by atoms with Crippen LogP contribution in [0, 0.1) is 0 Å². The number of amides is 2. The van der Waals surface area contributed by atoms with E-state index in [0.717, 1.165) is 4.68 Å². The molecule has 9 nitrogen and oxygen atoms in total. The number of nitrogens with zero attached hydrogens (tertiary/aromatic N) is 4. The number of hydrogen-bond acceptors (Lipinski definition) is 5. The zero-order valence-corrected chi connectivity index (χ0v) is 10.9. The quantitative estimate of drug-likeness (QED) is 0.709. The van der Waals surface area contributed by atoms with Gasteiger partial charge >= 0.3 is 5.97 Å². The molecule has 1 fully saturated rings. The topological polar surface area (TPSA) is 117 Å². The molecule has 20 heavy (non-hydrogen) atoms. The fourth-order valence-corrected chi connectivity index (χ4v) is 2.12. The molecule has 0 radical (unpaired) electrons. The van der Waals surface area contributed by atoms with E-state index in [2.05, 4.69) is 15.6 Å². The average Bonchev–Trinajstić information content (AvgIpc) is 2.85. The van der Waals surface area contributed by atoms with Crippen molar-refractivity contribution in [3.63, 3.8) is 0 Å². The zero-order valence-electron chi connectivity index (χ0n) is 10.9. The van der Waals surface area contributed by atoms with Crippen LogP contribution in [0.2, 0.25) is 0 Å².